The lowest BCUT2D eigenvalue weighted by Gasteiger charge is -2.21. The Morgan fingerprint density at radius 1 is 1.00 bits per heavy atom. The van der Waals surface area contributed by atoms with Crippen molar-refractivity contribution < 1.29 is 9.47 Å². The minimum atomic E-state index is -0.431. The second kappa shape index (κ2) is 9.94. The molecule has 1 N–H and O–H groups in total. The number of rotatable bonds is 8. The third-order valence-corrected chi connectivity index (χ3v) is 6.01. The zero-order valence-electron chi connectivity index (χ0n) is 18.2. The highest BCUT2D eigenvalue weighted by Crippen LogP contribution is 2.40. The Morgan fingerprint density at radius 2 is 1.62 bits per heavy atom. The maximum Gasteiger partial charge on any atom is 0.328 e. The highest BCUT2D eigenvalue weighted by molar-refractivity contribution is 5.20. The van der Waals surface area contributed by atoms with Crippen LogP contribution < -0.4 is 11.2 Å². The van der Waals surface area contributed by atoms with Gasteiger partial charge in [-0.2, -0.15) is 0 Å². The molecule has 0 aliphatic heterocycles. The average Bonchev–Trinajstić information content (AvgIpc) is 3.11. The molecule has 3 atom stereocenters. The summed E-state index contributed by atoms with van der Waals surface area (Å²) in [5.74, 6) is -0.0634. The summed E-state index contributed by atoms with van der Waals surface area (Å²) in [7, 11) is 0. The third-order valence-electron chi connectivity index (χ3n) is 6.01. The van der Waals surface area contributed by atoms with E-state index in [0.29, 0.717) is 31.8 Å². The lowest BCUT2D eigenvalue weighted by Crippen LogP contribution is -2.33. The molecule has 0 unspecified atom stereocenters. The van der Waals surface area contributed by atoms with E-state index in [4.69, 9.17) is 9.47 Å². The molecule has 1 saturated carbocycles. The summed E-state index contributed by atoms with van der Waals surface area (Å²) in [5.41, 5.74) is 2.76. The van der Waals surface area contributed by atoms with Crippen molar-refractivity contribution in [3.05, 3.63) is 117 Å². The number of nitrogens with one attached hydrogen (secondary N) is 1. The van der Waals surface area contributed by atoms with Crippen LogP contribution in [-0.4, -0.2) is 22.3 Å². The Balaban J connectivity index is 1.52. The lowest BCUT2D eigenvalue weighted by molar-refractivity contribution is -0.0122. The first-order chi connectivity index (χ1) is 15.5. The van der Waals surface area contributed by atoms with Gasteiger partial charge in [-0.05, 0) is 30.0 Å². The smallest absolute Gasteiger partial charge is 0.328 e. The molecule has 0 amide bonds. The van der Waals surface area contributed by atoms with Crippen molar-refractivity contribution in [2.24, 2.45) is 5.92 Å². The fraction of sp³-hybridized carbons (Fsp3) is 0.308. The largest absolute Gasteiger partial charge is 0.376 e. The fourth-order valence-corrected chi connectivity index (χ4v) is 4.19. The second-order valence-corrected chi connectivity index (χ2v) is 8.25. The van der Waals surface area contributed by atoms with Crippen LogP contribution in [0, 0.1) is 12.8 Å². The Bertz CT molecular complexity index is 1170. The van der Waals surface area contributed by atoms with Gasteiger partial charge in [0.25, 0.3) is 5.56 Å². The Hall–Kier alpha value is -3.22. The standard InChI is InChI=1S/C26H28N2O4/c1-18-14-28(26(30)27-25(18)29)23-13-24(32-16-21-11-7-4-8-12-21)22(19(23)2)17-31-15-20-9-5-3-6-10-20/h3-12,14,22-24H,2,13,15-17H2,1H3,(H,27,29,30)/t22-,23-,24-/m0/s1. The van der Waals surface area contributed by atoms with Gasteiger partial charge in [0.05, 0.1) is 32.0 Å². The van der Waals surface area contributed by atoms with Gasteiger partial charge in [0.2, 0.25) is 0 Å². The zero-order valence-corrected chi connectivity index (χ0v) is 18.2. The molecule has 2 aromatic carbocycles. The molecule has 1 aliphatic carbocycles. The van der Waals surface area contributed by atoms with E-state index in [1.54, 1.807) is 17.7 Å². The molecule has 6 heteroatoms. The van der Waals surface area contributed by atoms with Crippen molar-refractivity contribution in [2.45, 2.75) is 38.7 Å². The van der Waals surface area contributed by atoms with Gasteiger partial charge < -0.3 is 9.47 Å². The van der Waals surface area contributed by atoms with Gasteiger partial charge in [0.1, 0.15) is 0 Å². The molecule has 166 valence electrons. The van der Waals surface area contributed by atoms with Crippen LogP contribution >= 0.6 is 0 Å². The van der Waals surface area contributed by atoms with E-state index in [0.717, 1.165) is 16.7 Å². The number of ether oxygens (including phenoxy) is 2. The number of aromatic nitrogens is 2. The van der Waals surface area contributed by atoms with Crippen LogP contribution in [0.25, 0.3) is 0 Å². The van der Waals surface area contributed by atoms with E-state index in [1.165, 1.54) is 0 Å². The van der Waals surface area contributed by atoms with Crippen molar-refractivity contribution in [3.8, 4) is 0 Å². The molecule has 4 rings (SSSR count). The Kier molecular flexibility index (Phi) is 6.83. The Morgan fingerprint density at radius 3 is 2.28 bits per heavy atom. The van der Waals surface area contributed by atoms with Gasteiger partial charge in [-0.1, -0.05) is 67.2 Å². The van der Waals surface area contributed by atoms with Crippen molar-refractivity contribution in [1.82, 2.24) is 9.55 Å². The molecule has 0 bridgehead atoms. The van der Waals surface area contributed by atoms with Crippen LogP contribution in [0.5, 0.6) is 0 Å². The molecule has 1 aliphatic rings. The van der Waals surface area contributed by atoms with Crippen molar-refractivity contribution >= 4 is 0 Å². The van der Waals surface area contributed by atoms with E-state index in [-0.39, 0.29) is 23.6 Å². The summed E-state index contributed by atoms with van der Waals surface area (Å²) in [6, 6.07) is 19.7. The molecule has 0 spiro atoms. The van der Waals surface area contributed by atoms with E-state index < -0.39 is 5.69 Å². The highest BCUT2D eigenvalue weighted by Gasteiger charge is 2.40. The molecule has 6 nitrogen and oxygen atoms in total. The molecular weight excluding hydrogens is 404 g/mol. The molecule has 1 heterocycles. The average molecular weight is 433 g/mol. The zero-order chi connectivity index (χ0) is 22.5. The maximum atomic E-state index is 12.5. The second-order valence-electron chi connectivity index (χ2n) is 8.25. The third kappa shape index (κ3) is 4.98. The van der Waals surface area contributed by atoms with Gasteiger partial charge in [-0.3, -0.25) is 14.3 Å². The van der Waals surface area contributed by atoms with Crippen LogP contribution in [0.2, 0.25) is 0 Å². The number of nitrogens with zero attached hydrogens (tertiary/aromatic N) is 1. The summed E-state index contributed by atoms with van der Waals surface area (Å²) in [6.45, 7) is 7.41. The molecule has 1 fully saturated rings. The van der Waals surface area contributed by atoms with Crippen LogP contribution in [0.4, 0.5) is 0 Å². The first-order valence-electron chi connectivity index (χ1n) is 10.8. The van der Waals surface area contributed by atoms with Gasteiger partial charge in [0.15, 0.2) is 0 Å². The van der Waals surface area contributed by atoms with Crippen LogP contribution in [0.15, 0.2) is 88.6 Å². The van der Waals surface area contributed by atoms with Crippen LogP contribution in [0.1, 0.15) is 29.2 Å². The first kappa shape index (κ1) is 22.0. The summed E-state index contributed by atoms with van der Waals surface area (Å²) < 4.78 is 13.9. The molecule has 0 saturated heterocycles. The van der Waals surface area contributed by atoms with Crippen molar-refractivity contribution in [1.29, 1.82) is 0 Å². The monoisotopic (exact) mass is 432 g/mol. The number of aryl methyl sites for hydroxylation is 1. The van der Waals surface area contributed by atoms with Gasteiger partial charge in [-0.15, -0.1) is 0 Å². The minimum Gasteiger partial charge on any atom is -0.376 e. The van der Waals surface area contributed by atoms with Crippen LogP contribution in [-0.2, 0) is 22.7 Å². The van der Waals surface area contributed by atoms with E-state index in [9.17, 15) is 9.59 Å². The topological polar surface area (TPSA) is 73.3 Å². The first-order valence-corrected chi connectivity index (χ1v) is 10.8. The molecular formula is C26H28N2O4. The molecule has 1 aromatic heterocycles. The Labute approximate surface area is 187 Å². The van der Waals surface area contributed by atoms with Gasteiger partial charge >= 0.3 is 5.69 Å². The number of hydrogen-bond acceptors (Lipinski definition) is 4. The number of aromatic amines is 1. The van der Waals surface area contributed by atoms with E-state index >= 15 is 0 Å². The van der Waals surface area contributed by atoms with Crippen molar-refractivity contribution in [2.75, 3.05) is 6.61 Å². The van der Waals surface area contributed by atoms with E-state index in [1.807, 2.05) is 60.7 Å². The summed E-state index contributed by atoms with van der Waals surface area (Å²) in [6.07, 6.45) is 2.05. The number of benzene rings is 2. The predicted octanol–water partition coefficient (Wildman–Crippen LogP) is 3.76. The summed E-state index contributed by atoms with van der Waals surface area (Å²) >= 11 is 0. The SMILES string of the molecule is C=C1[C@H](COCc2ccccc2)[C@@H](OCc2ccccc2)C[C@@H]1n1cc(C)c(=O)[nH]c1=O. The normalized spacial score (nSPS) is 20.5. The number of H-pyrrole nitrogens is 1. The summed E-state index contributed by atoms with van der Waals surface area (Å²) in [4.78, 5) is 26.7. The fourth-order valence-electron chi connectivity index (χ4n) is 4.19. The molecule has 3 aromatic rings. The molecule has 32 heavy (non-hydrogen) atoms. The number of hydrogen-bond donors (Lipinski definition) is 1. The highest BCUT2D eigenvalue weighted by atomic mass is 16.5. The van der Waals surface area contributed by atoms with Crippen molar-refractivity contribution in [3.63, 3.8) is 0 Å². The quantitative estimate of drug-likeness (QED) is 0.550. The van der Waals surface area contributed by atoms with Gasteiger partial charge in [0, 0.05) is 17.7 Å². The molecule has 0 radical (unpaired) electrons. The van der Waals surface area contributed by atoms with Gasteiger partial charge in [-0.25, -0.2) is 4.79 Å². The predicted molar refractivity (Wildman–Crippen MR) is 123 cm³/mol. The maximum absolute atomic E-state index is 12.5. The summed E-state index contributed by atoms with van der Waals surface area (Å²) in [5, 5.41) is 0. The minimum absolute atomic E-state index is 0.0634. The lowest BCUT2D eigenvalue weighted by atomic mass is 10.0. The van der Waals surface area contributed by atoms with Crippen LogP contribution in [0.3, 0.4) is 0 Å². The van der Waals surface area contributed by atoms with E-state index in [2.05, 4.69) is 11.6 Å².